The Labute approximate surface area is 202 Å². The lowest BCUT2D eigenvalue weighted by Crippen LogP contribution is -2.18. The van der Waals surface area contributed by atoms with Crippen LogP contribution in [0, 0.1) is 5.82 Å². The van der Waals surface area contributed by atoms with Gasteiger partial charge in [0.2, 0.25) is 5.91 Å². The van der Waals surface area contributed by atoms with Crippen molar-refractivity contribution in [1.29, 1.82) is 0 Å². The molecule has 8 nitrogen and oxygen atoms in total. The molecule has 0 fully saturated rings. The molecule has 34 heavy (non-hydrogen) atoms. The van der Waals surface area contributed by atoms with Crippen LogP contribution >= 0.6 is 11.6 Å². The lowest BCUT2D eigenvalue weighted by molar-refractivity contribution is -0.111. The van der Waals surface area contributed by atoms with Gasteiger partial charge in [0, 0.05) is 35.3 Å². The van der Waals surface area contributed by atoms with Gasteiger partial charge < -0.3 is 25.4 Å². The first-order chi connectivity index (χ1) is 16.0. The topological polar surface area (TPSA) is 99.6 Å². The molecule has 0 unspecified atom stereocenters. The number of aromatic nitrogens is 2. The van der Waals surface area contributed by atoms with Crippen molar-refractivity contribution in [1.82, 2.24) is 14.9 Å². The second kappa shape index (κ2) is 10.3. The number of hydrogen-bond donors (Lipinski definition) is 3. The summed E-state index contributed by atoms with van der Waals surface area (Å²) >= 11 is 6.00. The standard InChI is InChI=1S/C24H27ClFN5O3/c1-24(2,33)15-10-17(26)16(25)11-19(15)30-23-14-9-20(29-22(32)7-6-8-31(3)4)21(34-5)12-18(14)27-13-28-23/h6-7,9-13,33H,8H2,1-5H3,(H,29,32)(H,27,28,30). The number of hydrogen-bond acceptors (Lipinski definition) is 7. The molecule has 1 aromatic heterocycles. The molecule has 0 bridgehead atoms. The highest BCUT2D eigenvalue weighted by atomic mass is 35.5. The van der Waals surface area contributed by atoms with E-state index in [1.54, 1.807) is 32.1 Å². The zero-order chi connectivity index (χ0) is 25.0. The minimum atomic E-state index is -1.35. The lowest BCUT2D eigenvalue weighted by atomic mass is 9.96. The van der Waals surface area contributed by atoms with Gasteiger partial charge in [-0.2, -0.15) is 0 Å². The van der Waals surface area contributed by atoms with Gasteiger partial charge in [-0.1, -0.05) is 17.7 Å². The summed E-state index contributed by atoms with van der Waals surface area (Å²) in [6, 6.07) is 5.93. The van der Waals surface area contributed by atoms with E-state index in [0.717, 1.165) is 0 Å². The monoisotopic (exact) mass is 487 g/mol. The highest BCUT2D eigenvalue weighted by Crippen LogP contribution is 2.37. The molecule has 0 spiro atoms. The van der Waals surface area contributed by atoms with Crippen LogP contribution in [0.2, 0.25) is 5.02 Å². The Morgan fingerprint density at radius 1 is 1.24 bits per heavy atom. The van der Waals surface area contributed by atoms with Crippen LogP contribution in [0.5, 0.6) is 5.75 Å². The van der Waals surface area contributed by atoms with E-state index in [2.05, 4.69) is 20.6 Å². The summed E-state index contributed by atoms with van der Waals surface area (Å²) in [7, 11) is 5.30. The van der Waals surface area contributed by atoms with Crippen molar-refractivity contribution >= 4 is 45.6 Å². The predicted molar refractivity (Wildman–Crippen MR) is 132 cm³/mol. The third-order valence-electron chi connectivity index (χ3n) is 4.93. The smallest absolute Gasteiger partial charge is 0.248 e. The summed E-state index contributed by atoms with van der Waals surface area (Å²) < 4.78 is 19.5. The molecule has 0 radical (unpaired) electrons. The van der Waals surface area contributed by atoms with Gasteiger partial charge in [-0.15, -0.1) is 0 Å². The quantitative estimate of drug-likeness (QED) is 0.403. The van der Waals surface area contributed by atoms with Crippen molar-refractivity contribution in [3.63, 3.8) is 0 Å². The largest absolute Gasteiger partial charge is 0.494 e. The number of methoxy groups -OCH3 is 1. The molecule has 3 N–H and O–H groups in total. The van der Waals surface area contributed by atoms with Gasteiger partial charge in [0.05, 0.1) is 28.9 Å². The zero-order valence-corrected chi connectivity index (χ0v) is 20.4. The van der Waals surface area contributed by atoms with E-state index in [-0.39, 0.29) is 10.9 Å². The SMILES string of the molecule is COc1cc2ncnc(Nc3cc(Cl)c(F)cc3C(C)(C)O)c2cc1NC(=O)C=CCN(C)C. The van der Waals surface area contributed by atoms with Crippen molar-refractivity contribution in [3.05, 3.63) is 59.1 Å². The summed E-state index contributed by atoms with van der Waals surface area (Å²) in [5.41, 5.74) is 0.305. The summed E-state index contributed by atoms with van der Waals surface area (Å²) in [5, 5.41) is 16.9. The number of aliphatic hydroxyl groups is 1. The van der Waals surface area contributed by atoms with Crippen molar-refractivity contribution in [2.24, 2.45) is 0 Å². The number of carbonyl (C=O) groups excluding carboxylic acids is 1. The van der Waals surface area contributed by atoms with E-state index in [1.165, 1.54) is 31.6 Å². The predicted octanol–water partition coefficient (Wildman–Crippen LogP) is 4.46. The van der Waals surface area contributed by atoms with Gasteiger partial charge in [0.1, 0.15) is 23.7 Å². The Bertz CT molecular complexity index is 1240. The minimum absolute atomic E-state index is 0.104. The van der Waals surface area contributed by atoms with Crippen LogP contribution in [0.4, 0.5) is 21.6 Å². The number of amides is 1. The third kappa shape index (κ3) is 5.99. The Morgan fingerprint density at radius 2 is 1.97 bits per heavy atom. The van der Waals surface area contributed by atoms with Crippen LogP contribution < -0.4 is 15.4 Å². The minimum Gasteiger partial charge on any atom is -0.494 e. The van der Waals surface area contributed by atoms with E-state index in [9.17, 15) is 14.3 Å². The first-order valence-electron chi connectivity index (χ1n) is 10.4. The van der Waals surface area contributed by atoms with E-state index < -0.39 is 11.4 Å². The highest BCUT2D eigenvalue weighted by molar-refractivity contribution is 6.31. The molecule has 0 aliphatic carbocycles. The van der Waals surface area contributed by atoms with Gasteiger partial charge in [-0.05, 0) is 46.1 Å². The van der Waals surface area contributed by atoms with Crippen LogP contribution in [0.15, 0.2) is 42.7 Å². The second-order valence-corrected chi connectivity index (χ2v) is 8.85. The van der Waals surface area contributed by atoms with Crippen molar-refractivity contribution < 1.29 is 19.0 Å². The third-order valence-corrected chi connectivity index (χ3v) is 5.22. The molecule has 3 aromatic rings. The van der Waals surface area contributed by atoms with Crippen LogP contribution in [0.3, 0.4) is 0 Å². The lowest BCUT2D eigenvalue weighted by Gasteiger charge is -2.23. The fourth-order valence-electron chi connectivity index (χ4n) is 3.28. The maximum Gasteiger partial charge on any atom is 0.248 e. The van der Waals surface area contributed by atoms with E-state index in [0.29, 0.717) is 46.0 Å². The first-order valence-corrected chi connectivity index (χ1v) is 10.8. The van der Waals surface area contributed by atoms with Crippen LogP contribution in [0.1, 0.15) is 19.4 Å². The second-order valence-electron chi connectivity index (χ2n) is 8.44. The number of halogens is 2. The summed E-state index contributed by atoms with van der Waals surface area (Å²) in [4.78, 5) is 22.9. The zero-order valence-electron chi connectivity index (χ0n) is 19.6. The fraction of sp³-hybridized carbons (Fsp3) is 0.292. The number of likely N-dealkylation sites (N-methyl/N-ethyl adjacent to an activating group) is 1. The molecule has 0 aliphatic heterocycles. The molecule has 0 saturated carbocycles. The van der Waals surface area contributed by atoms with Gasteiger partial charge in [0.15, 0.2) is 0 Å². The molecule has 0 aliphatic rings. The number of anilines is 3. The number of fused-ring (bicyclic) bond motifs is 1. The van der Waals surface area contributed by atoms with Crippen molar-refractivity contribution in [3.8, 4) is 5.75 Å². The summed E-state index contributed by atoms with van der Waals surface area (Å²) in [6.45, 7) is 3.70. The summed E-state index contributed by atoms with van der Waals surface area (Å²) in [6.07, 6.45) is 4.55. The Balaban J connectivity index is 2.04. The molecule has 2 aromatic carbocycles. The maximum absolute atomic E-state index is 14.1. The average molecular weight is 488 g/mol. The Morgan fingerprint density at radius 3 is 2.62 bits per heavy atom. The summed E-state index contributed by atoms with van der Waals surface area (Å²) in [5.74, 6) is -0.164. The van der Waals surface area contributed by atoms with Crippen molar-refractivity contribution in [2.45, 2.75) is 19.4 Å². The van der Waals surface area contributed by atoms with Gasteiger partial charge in [-0.3, -0.25) is 4.79 Å². The average Bonchev–Trinajstić information content (AvgIpc) is 2.75. The van der Waals surface area contributed by atoms with E-state index in [1.807, 2.05) is 19.0 Å². The number of ether oxygens (including phenoxy) is 1. The molecule has 0 saturated heterocycles. The van der Waals surface area contributed by atoms with Gasteiger partial charge in [-0.25, -0.2) is 14.4 Å². The molecule has 0 atom stereocenters. The Hall–Kier alpha value is -3.27. The van der Waals surface area contributed by atoms with Crippen LogP contribution in [-0.4, -0.2) is 53.6 Å². The highest BCUT2D eigenvalue weighted by Gasteiger charge is 2.23. The Kier molecular flexibility index (Phi) is 7.71. The number of benzene rings is 2. The van der Waals surface area contributed by atoms with E-state index in [4.69, 9.17) is 16.3 Å². The molecule has 10 heteroatoms. The number of carbonyl (C=O) groups is 1. The molecule has 1 amide bonds. The number of nitrogens with one attached hydrogen (secondary N) is 2. The van der Waals surface area contributed by atoms with Crippen LogP contribution in [0.25, 0.3) is 10.9 Å². The molecule has 3 rings (SSSR count). The fourth-order valence-corrected chi connectivity index (χ4v) is 3.44. The first kappa shape index (κ1) is 25.4. The normalized spacial score (nSPS) is 11.9. The van der Waals surface area contributed by atoms with Gasteiger partial charge in [0.25, 0.3) is 0 Å². The van der Waals surface area contributed by atoms with Crippen molar-refractivity contribution in [2.75, 3.05) is 38.4 Å². The molecular weight excluding hydrogens is 461 g/mol. The number of rotatable bonds is 8. The maximum atomic E-state index is 14.1. The molecular formula is C24H27ClFN5O3. The van der Waals surface area contributed by atoms with Crippen LogP contribution in [-0.2, 0) is 10.4 Å². The van der Waals surface area contributed by atoms with Gasteiger partial charge >= 0.3 is 0 Å². The van der Waals surface area contributed by atoms with E-state index >= 15 is 0 Å². The molecule has 1 heterocycles. The molecule has 180 valence electrons. The number of nitrogens with zero attached hydrogens (tertiary/aromatic N) is 3.